The van der Waals surface area contributed by atoms with Crippen LogP contribution in [0.4, 0.5) is 0 Å². The monoisotopic (exact) mass is 184 g/mol. The summed E-state index contributed by atoms with van der Waals surface area (Å²) in [7, 11) is 0. The molecule has 2 N–H and O–H groups in total. The van der Waals surface area contributed by atoms with Gasteiger partial charge in [-0.25, -0.2) is 0 Å². The highest BCUT2D eigenvalue weighted by Crippen LogP contribution is 2.52. The smallest absolute Gasteiger partial charge is 0.121 e. The number of hydrogen-bond acceptors (Lipinski definition) is 3. The quantitative estimate of drug-likeness (QED) is 0.460. The lowest BCUT2D eigenvalue weighted by Gasteiger charge is -2.31. The van der Waals surface area contributed by atoms with E-state index in [0.29, 0.717) is 5.92 Å². The van der Waals surface area contributed by atoms with Crippen LogP contribution in [0.15, 0.2) is 12.2 Å². The van der Waals surface area contributed by atoms with Crippen molar-refractivity contribution in [3.63, 3.8) is 0 Å². The molecule has 4 atom stereocenters. The molecule has 0 aromatic carbocycles. The first-order chi connectivity index (χ1) is 6.10. The summed E-state index contributed by atoms with van der Waals surface area (Å²) < 4.78 is 5.44. The molecule has 2 aliphatic rings. The predicted molar refractivity (Wildman–Crippen MR) is 48.2 cm³/mol. The summed E-state index contributed by atoms with van der Waals surface area (Å²) in [6.07, 6.45) is 1.06. The Bertz CT molecular complexity index is 238. The first kappa shape index (κ1) is 9.19. The Morgan fingerprint density at radius 2 is 2.38 bits per heavy atom. The van der Waals surface area contributed by atoms with Gasteiger partial charge in [-0.1, -0.05) is 13.5 Å². The van der Waals surface area contributed by atoms with Crippen LogP contribution in [0, 0.1) is 5.92 Å². The number of aliphatic hydroxyl groups excluding tert-OH is 2. The van der Waals surface area contributed by atoms with Crippen molar-refractivity contribution in [3.05, 3.63) is 12.2 Å². The van der Waals surface area contributed by atoms with E-state index in [0.717, 1.165) is 18.4 Å². The van der Waals surface area contributed by atoms with Gasteiger partial charge in [-0.15, -0.1) is 0 Å². The molecule has 1 heterocycles. The molecular weight excluding hydrogens is 168 g/mol. The zero-order valence-electron chi connectivity index (χ0n) is 7.86. The Kier molecular flexibility index (Phi) is 1.98. The molecule has 1 saturated carbocycles. The third-order valence-corrected chi connectivity index (χ3v) is 3.20. The lowest BCUT2D eigenvalue weighted by molar-refractivity contribution is 0.115. The maximum Gasteiger partial charge on any atom is 0.121 e. The molecule has 1 aliphatic carbocycles. The molecule has 2 fully saturated rings. The van der Waals surface area contributed by atoms with E-state index in [-0.39, 0.29) is 12.7 Å². The number of rotatable bonds is 1. The molecule has 1 spiro atoms. The van der Waals surface area contributed by atoms with Gasteiger partial charge in [0.05, 0.1) is 12.7 Å². The first-order valence-electron chi connectivity index (χ1n) is 4.76. The van der Waals surface area contributed by atoms with Gasteiger partial charge in [0.1, 0.15) is 11.7 Å². The van der Waals surface area contributed by atoms with E-state index in [1.54, 1.807) is 0 Å². The van der Waals surface area contributed by atoms with Crippen molar-refractivity contribution in [2.75, 3.05) is 6.61 Å². The van der Waals surface area contributed by atoms with Gasteiger partial charge >= 0.3 is 0 Å². The van der Waals surface area contributed by atoms with E-state index < -0.39 is 11.7 Å². The number of aliphatic hydroxyl groups is 2. The molecule has 3 nitrogen and oxygen atoms in total. The summed E-state index contributed by atoms with van der Waals surface area (Å²) in [6, 6.07) is 0. The van der Waals surface area contributed by atoms with Gasteiger partial charge in [-0.05, 0) is 24.3 Å². The predicted octanol–water partition coefficient (Wildman–Crippen LogP) is 0.463. The largest absolute Gasteiger partial charge is 0.394 e. The van der Waals surface area contributed by atoms with Gasteiger partial charge in [0, 0.05) is 0 Å². The molecule has 74 valence electrons. The van der Waals surface area contributed by atoms with Gasteiger partial charge in [0.15, 0.2) is 0 Å². The fourth-order valence-electron chi connectivity index (χ4n) is 2.40. The molecule has 0 radical (unpaired) electrons. The van der Waals surface area contributed by atoms with E-state index >= 15 is 0 Å². The van der Waals surface area contributed by atoms with Crippen LogP contribution in [0.1, 0.15) is 19.8 Å². The number of hydrogen-bond donors (Lipinski definition) is 2. The molecule has 2 rings (SSSR count). The van der Waals surface area contributed by atoms with Crippen molar-refractivity contribution in [1.82, 2.24) is 0 Å². The third-order valence-electron chi connectivity index (χ3n) is 3.20. The Hall–Kier alpha value is -0.380. The Morgan fingerprint density at radius 1 is 1.69 bits per heavy atom. The maximum absolute atomic E-state index is 9.68. The standard InChI is InChI=1S/C10H16O3/c1-6-3-8(12)7(2)10(4-6)9(5-11)13-10/h6,8-9,11-12H,2-5H2,1H3/t6-,8?,9?,10?/m1/s1. The molecule has 13 heavy (non-hydrogen) atoms. The second kappa shape index (κ2) is 2.80. The highest BCUT2D eigenvalue weighted by Gasteiger charge is 2.61. The molecule has 1 saturated heterocycles. The second-order valence-corrected chi connectivity index (χ2v) is 4.26. The summed E-state index contributed by atoms with van der Waals surface area (Å²) in [5.41, 5.74) is 0.357. The van der Waals surface area contributed by atoms with Crippen LogP contribution in [-0.2, 0) is 4.74 Å². The average molecular weight is 184 g/mol. The summed E-state index contributed by atoms with van der Waals surface area (Å²) in [6.45, 7) is 5.97. The van der Waals surface area contributed by atoms with Gasteiger partial charge < -0.3 is 14.9 Å². The molecule has 3 unspecified atom stereocenters. The average Bonchev–Trinajstić information content (AvgIpc) is 2.75. The summed E-state index contributed by atoms with van der Waals surface area (Å²) in [5.74, 6) is 0.442. The molecule has 0 amide bonds. The van der Waals surface area contributed by atoms with Gasteiger partial charge in [0.25, 0.3) is 0 Å². The topological polar surface area (TPSA) is 53.0 Å². The van der Waals surface area contributed by atoms with Crippen molar-refractivity contribution in [2.24, 2.45) is 5.92 Å². The van der Waals surface area contributed by atoms with Crippen LogP contribution in [-0.4, -0.2) is 34.6 Å². The molecule has 0 bridgehead atoms. The van der Waals surface area contributed by atoms with Gasteiger partial charge in [-0.2, -0.15) is 0 Å². The highest BCUT2D eigenvalue weighted by atomic mass is 16.6. The Balaban J connectivity index is 2.15. The summed E-state index contributed by atoms with van der Waals surface area (Å²) in [4.78, 5) is 0. The van der Waals surface area contributed by atoms with E-state index in [2.05, 4.69) is 13.5 Å². The van der Waals surface area contributed by atoms with Crippen LogP contribution >= 0.6 is 0 Å². The molecule has 0 aromatic heterocycles. The van der Waals surface area contributed by atoms with Crippen molar-refractivity contribution in [1.29, 1.82) is 0 Å². The second-order valence-electron chi connectivity index (χ2n) is 4.26. The number of ether oxygens (including phenoxy) is 1. The lowest BCUT2D eigenvalue weighted by atomic mass is 9.75. The fraction of sp³-hybridized carbons (Fsp3) is 0.800. The van der Waals surface area contributed by atoms with Gasteiger partial charge in [-0.3, -0.25) is 0 Å². The Morgan fingerprint density at radius 3 is 2.92 bits per heavy atom. The minimum Gasteiger partial charge on any atom is -0.394 e. The van der Waals surface area contributed by atoms with Gasteiger partial charge in [0.2, 0.25) is 0 Å². The SMILES string of the molecule is C=C1C(O)C[C@@H](C)CC12OC2CO. The van der Waals surface area contributed by atoms with Crippen LogP contribution in [0.25, 0.3) is 0 Å². The normalized spacial score (nSPS) is 49.8. The minimum atomic E-state index is -0.458. The molecule has 3 heteroatoms. The van der Waals surface area contributed by atoms with Crippen molar-refractivity contribution in [3.8, 4) is 0 Å². The number of epoxide rings is 1. The maximum atomic E-state index is 9.68. The fourth-order valence-corrected chi connectivity index (χ4v) is 2.40. The van der Waals surface area contributed by atoms with Crippen molar-refractivity contribution >= 4 is 0 Å². The van der Waals surface area contributed by atoms with Crippen LogP contribution in [0.2, 0.25) is 0 Å². The van der Waals surface area contributed by atoms with E-state index in [9.17, 15) is 5.11 Å². The van der Waals surface area contributed by atoms with Crippen LogP contribution in [0.5, 0.6) is 0 Å². The van der Waals surface area contributed by atoms with Crippen molar-refractivity contribution < 1.29 is 14.9 Å². The molecular formula is C10H16O3. The zero-order chi connectivity index (χ0) is 9.64. The van der Waals surface area contributed by atoms with E-state index in [4.69, 9.17) is 9.84 Å². The third kappa shape index (κ3) is 1.23. The first-order valence-corrected chi connectivity index (χ1v) is 4.76. The summed E-state index contributed by atoms with van der Waals surface area (Å²) >= 11 is 0. The van der Waals surface area contributed by atoms with Crippen molar-refractivity contribution in [2.45, 2.75) is 37.6 Å². The summed E-state index contributed by atoms with van der Waals surface area (Å²) in [5, 5.41) is 18.6. The lowest BCUT2D eigenvalue weighted by Crippen LogP contribution is -2.36. The molecule has 1 aliphatic heterocycles. The van der Waals surface area contributed by atoms with Crippen LogP contribution in [0.3, 0.4) is 0 Å². The zero-order valence-corrected chi connectivity index (χ0v) is 7.86. The highest BCUT2D eigenvalue weighted by molar-refractivity contribution is 5.30. The minimum absolute atomic E-state index is 0.0263. The molecule has 0 aromatic rings. The Labute approximate surface area is 78.0 Å². The van der Waals surface area contributed by atoms with Crippen LogP contribution < -0.4 is 0 Å². The van der Waals surface area contributed by atoms with E-state index in [1.807, 2.05) is 0 Å². The van der Waals surface area contributed by atoms with E-state index in [1.165, 1.54) is 0 Å².